The Hall–Kier alpha value is -3.26. The molecule has 8 heteroatoms. The standard InChI is InChI=1S/C24H27FN6O/c1-2-32-14-13-30-17-19(16-26-30)22-5-6-24(28-27-22)29-10-8-21(9-11-29)31-12-7-18-3-4-20(25)15-23(18)31/h3-7,12,15-17,21H,2,8-11,13-14H2,1H3. The van der Waals surface area contributed by atoms with Crippen LogP contribution in [0.5, 0.6) is 0 Å². The van der Waals surface area contributed by atoms with Gasteiger partial charge in [0.1, 0.15) is 5.82 Å². The molecule has 7 nitrogen and oxygen atoms in total. The van der Waals surface area contributed by atoms with Crippen LogP contribution in [0.25, 0.3) is 22.2 Å². The minimum atomic E-state index is -0.190. The van der Waals surface area contributed by atoms with Gasteiger partial charge < -0.3 is 14.2 Å². The fourth-order valence-electron chi connectivity index (χ4n) is 4.38. The Bertz CT molecular complexity index is 1180. The Kier molecular flexibility index (Phi) is 5.85. The van der Waals surface area contributed by atoms with Crippen molar-refractivity contribution in [3.63, 3.8) is 0 Å². The first-order valence-corrected chi connectivity index (χ1v) is 11.2. The molecule has 4 aromatic rings. The van der Waals surface area contributed by atoms with Crippen molar-refractivity contribution in [3.05, 3.63) is 60.8 Å². The SMILES string of the molecule is CCOCCn1cc(-c2ccc(N3CCC(n4ccc5ccc(F)cc54)CC3)nn2)cn1. The van der Waals surface area contributed by atoms with Gasteiger partial charge in [-0.3, -0.25) is 4.68 Å². The van der Waals surface area contributed by atoms with E-state index >= 15 is 0 Å². The number of hydrogen-bond acceptors (Lipinski definition) is 5. The van der Waals surface area contributed by atoms with E-state index in [-0.39, 0.29) is 5.82 Å². The largest absolute Gasteiger partial charge is 0.380 e. The van der Waals surface area contributed by atoms with Gasteiger partial charge >= 0.3 is 0 Å². The van der Waals surface area contributed by atoms with Crippen molar-refractivity contribution in [2.24, 2.45) is 0 Å². The lowest BCUT2D eigenvalue weighted by Gasteiger charge is -2.33. The molecule has 0 N–H and O–H groups in total. The Morgan fingerprint density at radius 3 is 2.75 bits per heavy atom. The monoisotopic (exact) mass is 434 g/mol. The topological polar surface area (TPSA) is 61.0 Å². The van der Waals surface area contributed by atoms with Crippen LogP contribution in [0.3, 0.4) is 0 Å². The van der Waals surface area contributed by atoms with Crippen molar-refractivity contribution in [1.82, 2.24) is 24.5 Å². The van der Waals surface area contributed by atoms with Gasteiger partial charge in [-0.1, -0.05) is 0 Å². The molecule has 1 aliphatic rings. The fraction of sp³-hybridized carbons (Fsp3) is 0.375. The highest BCUT2D eigenvalue weighted by Gasteiger charge is 2.22. The van der Waals surface area contributed by atoms with Gasteiger partial charge in [-0.15, -0.1) is 10.2 Å². The second-order valence-electron chi connectivity index (χ2n) is 8.11. The second kappa shape index (κ2) is 9.08. The van der Waals surface area contributed by atoms with E-state index in [0.29, 0.717) is 19.3 Å². The van der Waals surface area contributed by atoms with Gasteiger partial charge in [-0.2, -0.15) is 5.10 Å². The molecule has 0 spiro atoms. The van der Waals surface area contributed by atoms with Crippen molar-refractivity contribution in [2.75, 3.05) is 31.2 Å². The van der Waals surface area contributed by atoms with Crippen LogP contribution in [0.2, 0.25) is 0 Å². The molecule has 1 fully saturated rings. The molecule has 0 bridgehead atoms. The Morgan fingerprint density at radius 1 is 1.09 bits per heavy atom. The minimum Gasteiger partial charge on any atom is -0.380 e. The van der Waals surface area contributed by atoms with E-state index < -0.39 is 0 Å². The lowest BCUT2D eigenvalue weighted by Crippen LogP contribution is -2.35. The summed E-state index contributed by atoms with van der Waals surface area (Å²) in [7, 11) is 0. The number of benzene rings is 1. The molecule has 1 saturated heterocycles. The van der Waals surface area contributed by atoms with E-state index in [1.165, 1.54) is 6.07 Å². The van der Waals surface area contributed by atoms with E-state index in [9.17, 15) is 4.39 Å². The van der Waals surface area contributed by atoms with Gasteiger partial charge in [0.05, 0.1) is 30.6 Å². The summed E-state index contributed by atoms with van der Waals surface area (Å²) in [5, 5.41) is 14.3. The molecule has 0 atom stereocenters. The molecular weight excluding hydrogens is 407 g/mol. The molecule has 1 aliphatic heterocycles. The third-order valence-electron chi connectivity index (χ3n) is 6.12. The van der Waals surface area contributed by atoms with Crippen molar-refractivity contribution in [3.8, 4) is 11.3 Å². The highest BCUT2D eigenvalue weighted by Crippen LogP contribution is 2.30. The van der Waals surface area contributed by atoms with Crippen molar-refractivity contribution in [2.45, 2.75) is 32.4 Å². The molecule has 3 aromatic heterocycles. The zero-order valence-electron chi connectivity index (χ0n) is 18.2. The number of anilines is 1. The van der Waals surface area contributed by atoms with Gasteiger partial charge in [0.2, 0.25) is 0 Å². The molecule has 0 amide bonds. The van der Waals surface area contributed by atoms with Crippen molar-refractivity contribution < 1.29 is 9.13 Å². The van der Waals surface area contributed by atoms with Crippen LogP contribution in [0.1, 0.15) is 25.8 Å². The van der Waals surface area contributed by atoms with Crippen LogP contribution in [0.15, 0.2) is 55.0 Å². The van der Waals surface area contributed by atoms with Crippen molar-refractivity contribution >= 4 is 16.7 Å². The molecule has 5 rings (SSSR count). The molecule has 4 heterocycles. The zero-order chi connectivity index (χ0) is 21.9. The number of nitrogens with zero attached hydrogens (tertiary/aromatic N) is 6. The maximum Gasteiger partial charge on any atom is 0.151 e. The van der Waals surface area contributed by atoms with E-state index in [2.05, 4.69) is 37.0 Å². The summed E-state index contributed by atoms with van der Waals surface area (Å²) in [6, 6.07) is 11.4. The van der Waals surface area contributed by atoms with E-state index in [0.717, 1.165) is 60.5 Å². The summed E-state index contributed by atoms with van der Waals surface area (Å²) in [5.41, 5.74) is 2.73. The number of fused-ring (bicyclic) bond motifs is 1. The zero-order valence-corrected chi connectivity index (χ0v) is 18.2. The molecule has 166 valence electrons. The predicted molar refractivity (Wildman–Crippen MR) is 122 cm³/mol. The summed E-state index contributed by atoms with van der Waals surface area (Å²) in [6.45, 7) is 5.84. The van der Waals surface area contributed by atoms with Crippen LogP contribution in [-0.2, 0) is 11.3 Å². The molecule has 32 heavy (non-hydrogen) atoms. The van der Waals surface area contributed by atoms with Crippen LogP contribution in [0.4, 0.5) is 10.2 Å². The minimum absolute atomic E-state index is 0.190. The summed E-state index contributed by atoms with van der Waals surface area (Å²) in [5.74, 6) is 0.699. The van der Waals surface area contributed by atoms with Crippen LogP contribution in [-0.4, -0.2) is 50.8 Å². The molecule has 0 unspecified atom stereocenters. The molecule has 0 aliphatic carbocycles. The molecule has 0 radical (unpaired) electrons. The first kappa shape index (κ1) is 20.6. The third kappa shape index (κ3) is 4.23. The third-order valence-corrected chi connectivity index (χ3v) is 6.12. The molecular formula is C24H27FN6O. The van der Waals surface area contributed by atoms with Gasteiger partial charge in [-0.25, -0.2) is 4.39 Å². The van der Waals surface area contributed by atoms with Gasteiger partial charge in [0.15, 0.2) is 5.82 Å². The first-order valence-electron chi connectivity index (χ1n) is 11.2. The molecule has 0 saturated carbocycles. The highest BCUT2D eigenvalue weighted by molar-refractivity contribution is 5.80. The van der Waals surface area contributed by atoms with E-state index in [1.807, 2.05) is 42.2 Å². The van der Waals surface area contributed by atoms with Crippen LogP contribution >= 0.6 is 0 Å². The lowest BCUT2D eigenvalue weighted by atomic mass is 10.0. The number of hydrogen-bond donors (Lipinski definition) is 0. The Morgan fingerprint density at radius 2 is 1.97 bits per heavy atom. The van der Waals surface area contributed by atoms with Gasteiger partial charge in [-0.05, 0) is 61.5 Å². The average molecular weight is 435 g/mol. The quantitative estimate of drug-likeness (QED) is 0.406. The summed E-state index contributed by atoms with van der Waals surface area (Å²) < 4.78 is 23.2. The normalized spacial score (nSPS) is 15.0. The van der Waals surface area contributed by atoms with E-state index in [1.54, 1.807) is 6.07 Å². The number of aromatic nitrogens is 5. The number of piperidine rings is 1. The van der Waals surface area contributed by atoms with Gasteiger partial charge in [0, 0.05) is 43.7 Å². The maximum atomic E-state index is 13.7. The van der Waals surface area contributed by atoms with Crippen molar-refractivity contribution in [1.29, 1.82) is 0 Å². The lowest BCUT2D eigenvalue weighted by molar-refractivity contribution is 0.136. The number of rotatable bonds is 7. The Labute approximate surface area is 186 Å². The van der Waals surface area contributed by atoms with Gasteiger partial charge in [0.25, 0.3) is 0 Å². The maximum absolute atomic E-state index is 13.7. The summed E-state index contributed by atoms with van der Waals surface area (Å²) in [4.78, 5) is 2.27. The number of halogens is 1. The summed E-state index contributed by atoms with van der Waals surface area (Å²) in [6.07, 6.45) is 7.82. The smallest absolute Gasteiger partial charge is 0.151 e. The fourth-order valence-corrected chi connectivity index (χ4v) is 4.38. The Balaban J connectivity index is 1.22. The second-order valence-corrected chi connectivity index (χ2v) is 8.11. The summed E-state index contributed by atoms with van der Waals surface area (Å²) >= 11 is 0. The molecule has 1 aromatic carbocycles. The average Bonchev–Trinajstić information content (AvgIpc) is 3.47. The van der Waals surface area contributed by atoms with Crippen LogP contribution < -0.4 is 4.90 Å². The predicted octanol–water partition coefficient (Wildman–Crippen LogP) is 4.31. The first-order chi connectivity index (χ1) is 15.7. The van der Waals surface area contributed by atoms with E-state index in [4.69, 9.17) is 4.74 Å². The highest BCUT2D eigenvalue weighted by atomic mass is 19.1. The number of ether oxygens (including phenoxy) is 1. The van der Waals surface area contributed by atoms with Crippen LogP contribution in [0, 0.1) is 5.82 Å².